The molecule has 1 fully saturated rings. The van der Waals surface area contributed by atoms with E-state index >= 15 is 0 Å². The second-order valence-corrected chi connectivity index (χ2v) is 4.43. The second-order valence-electron chi connectivity index (χ2n) is 4.43. The average Bonchev–Trinajstić information content (AvgIpc) is 2.06. The van der Waals surface area contributed by atoms with E-state index in [4.69, 9.17) is 0 Å². The molecule has 1 heteroatoms. The summed E-state index contributed by atoms with van der Waals surface area (Å²) in [6, 6.07) is 0. The van der Waals surface area contributed by atoms with Gasteiger partial charge >= 0.3 is 0 Å². The Kier molecular flexibility index (Phi) is 1.82. The molecule has 0 saturated heterocycles. The van der Waals surface area contributed by atoms with Gasteiger partial charge in [0.05, 0.1) is 0 Å². The van der Waals surface area contributed by atoms with Crippen molar-refractivity contribution in [3.05, 3.63) is 12.2 Å². The lowest BCUT2D eigenvalue weighted by Gasteiger charge is -2.41. The molecular weight excluding hydrogens is 148 g/mol. The second kappa shape index (κ2) is 2.72. The topological polar surface area (TPSA) is 17.1 Å². The third kappa shape index (κ3) is 1.21. The fraction of sp³-hybridized carbons (Fsp3) is 0.727. The summed E-state index contributed by atoms with van der Waals surface area (Å²) in [7, 11) is 0. The molecule has 12 heavy (non-hydrogen) atoms. The highest BCUT2D eigenvalue weighted by Gasteiger charge is 2.38. The molecule has 0 spiro atoms. The highest BCUT2D eigenvalue weighted by Crippen LogP contribution is 2.45. The number of fused-ring (bicyclic) bond motifs is 1. The van der Waals surface area contributed by atoms with E-state index in [9.17, 15) is 4.79 Å². The summed E-state index contributed by atoms with van der Waals surface area (Å²) >= 11 is 0. The quantitative estimate of drug-likeness (QED) is 0.503. The van der Waals surface area contributed by atoms with E-state index in [1.54, 1.807) is 0 Å². The van der Waals surface area contributed by atoms with Crippen molar-refractivity contribution in [1.29, 1.82) is 0 Å². The van der Waals surface area contributed by atoms with Crippen molar-refractivity contribution < 1.29 is 4.79 Å². The molecule has 0 heterocycles. The van der Waals surface area contributed by atoms with E-state index < -0.39 is 0 Å². The lowest BCUT2D eigenvalue weighted by atomic mass is 9.63. The molecular formula is C11H16O. The van der Waals surface area contributed by atoms with Gasteiger partial charge in [0.15, 0.2) is 0 Å². The molecule has 2 aliphatic rings. The van der Waals surface area contributed by atoms with Gasteiger partial charge in [-0.3, -0.25) is 4.79 Å². The Morgan fingerprint density at radius 1 is 1.58 bits per heavy atom. The molecule has 0 amide bonds. The average molecular weight is 164 g/mol. The van der Waals surface area contributed by atoms with Gasteiger partial charge in [0.1, 0.15) is 5.78 Å². The van der Waals surface area contributed by atoms with Crippen LogP contribution >= 0.6 is 0 Å². The molecule has 2 aliphatic carbocycles. The predicted molar refractivity (Wildman–Crippen MR) is 48.8 cm³/mol. The van der Waals surface area contributed by atoms with Crippen LogP contribution in [0.3, 0.4) is 0 Å². The number of carbonyl (C=O) groups excluding carboxylic acids is 1. The van der Waals surface area contributed by atoms with Gasteiger partial charge in [-0.1, -0.05) is 19.1 Å². The summed E-state index contributed by atoms with van der Waals surface area (Å²) in [5.41, 5.74) is 0.353. The smallest absolute Gasteiger partial charge is 0.133 e. The monoisotopic (exact) mass is 164 g/mol. The van der Waals surface area contributed by atoms with Crippen LogP contribution < -0.4 is 0 Å². The van der Waals surface area contributed by atoms with Gasteiger partial charge in [-0.2, -0.15) is 0 Å². The van der Waals surface area contributed by atoms with E-state index in [1.165, 1.54) is 12.8 Å². The zero-order valence-electron chi connectivity index (χ0n) is 7.68. The molecule has 2 rings (SSSR count). The molecule has 1 nitrogen and oxygen atoms in total. The van der Waals surface area contributed by atoms with Crippen LogP contribution in [-0.2, 0) is 4.79 Å². The largest absolute Gasteiger partial charge is 0.300 e. The summed E-state index contributed by atoms with van der Waals surface area (Å²) in [6.07, 6.45) is 9.73. The first-order chi connectivity index (χ1) is 5.71. The first-order valence-electron chi connectivity index (χ1n) is 4.90. The lowest BCUT2D eigenvalue weighted by molar-refractivity contribution is -0.124. The van der Waals surface area contributed by atoms with Gasteiger partial charge < -0.3 is 0 Å². The Hall–Kier alpha value is -0.590. The molecule has 0 aromatic heterocycles. The minimum absolute atomic E-state index is 0.353. The Balaban J connectivity index is 2.20. The zero-order chi connectivity index (χ0) is 8.60. The van der Waals surface area contributed by atoms with Crippen molar-refractivity contribution in [3.63, 3.8) is 0 Å². The molecule has 2 atom stereocenters. The number of allylic oxidation sites excluding steroid dienone is 2. The number of ketones is 1. The molecule has 1 saturated carbocycles. The van der Waals surface area contributed by atoms with Crippen molar-refractivity contribution in [2.45, 2.75) is 39.0 Å². The Morgan fingerprint density at radius 3 is 3.25 bits per heavy atom. The minimum atomic E-state index is 0.353. The van der Waals surface area contributed by atoms with E-state index in [-0.39, 0.29) is 0 Å². The van der Waals surface area contributed by atoms with E-state index in [0.29, 0.717) is 17.1 Å². The summed E-state index contributed by atoms with van der Waals surface area (Å²) in [5.74, 6) is 1.12. The molecule has 0 aliphatic heterocycles. The lowest BCUT2D eigenvalue weighted by Crippen LogP contribution is -2.34. The van der Waals surface area contributed by atoms with Crippen LogP contribution in [0.5, 0.6) is 0 Å². The molecule has 66 valence electrons. The van der Waals surface area contributed by atoms with Crippen LogP contribution in [-0.4, -0.2) is 5.78 Å². The van der Waals surface area contributed by atoms with Crippen LogP contribution in [0.15, 0.2) is 12.2 Å². The Bertz CT molecular complexity index is 229. The van der Waals surface area contributed by atoms with Crippen molar-refractivity contribution >= 4 is 5.78 Å². The summed E-state index contributed by atoms with van der Waals surface area (Å²) in [5, 5.41) is 0. The predicted octanol–water partition coefficient (Wildman–Crippen LogP) is 2.71. The van der Waals surface area contributed by atoms with Crippen molar-refractivity contribution in [2.24, 2.45) is 11.3 Å². The van der Waals surface area contributed by atoms with Crippen molar-refractivity contribution in [2.75, 3.05) is 0 Å². The standard InChI is InChI=1S/C11H16O/c1-11-6-3-2-4-9(11)8-10(12)5-7-11/h3,6,9H,2,4-5,7-8H2,1H3. The normalized spacial score (nSPS) is 41.1. The first-order valence-corrected chi connectivity index (χ1v) is 4.90. The van der Waals surface area contributed by atoms with Crippen LogP contribution in [0.1, 0.15) is 39.0 Å². The van der Waals surface area contributed by atoms with Gasteiger partial charge in [0.25, 0.3) is 0 Å². The van der Waals surface area contributed by atoms with E-state index in [1.807, 2.05) is 0 Å². The van der Waals surface area contributed by atoms with Gasteiger partial charge in [0, 0.05) is 12.8 Å². The van der Waals surface area contributed by atoms with Gasteiger partial charge in [-0.15, -0.1) is 0 Å². The number of carbonyl (C=O) groups is 1. The molecule has 0 aromatic rings. The van der Waals surface area contributed by atoms with Gasteiger partial charge in [-0.25, -0.2) is 0 Å². The molecule has 0 aromatic carbocycles. The van der Waals surface area contributed by atoms with Crippen molar-refractivity contribution in [3.8, 4) is 0 Å². The first kappa shape index (κ1) is 8.03. The third-order valence-corrected chi connectivity index (χ3v) is 3.53. The number of hydrogen-bond donors (Lipinski definition) is 0. The maximum Gasteiger partial charge on any atom is 0.133 e. The van der Waals surface area contributed by atoms with Crippen LogP contribution in [0, 0.1) is 11.3 Å². The summed E-state index contributed by atoms with van der Waals surface area (Å²) in [4.78, 5) is 11.2. The van der Waals surface area contributed by atoms with Gasteiger partial charge in [-0.05, 0) is 30.6 Å². The molecule has 0 N–H and O–H groups in total. The number of hydrogen-bond acceptors (Lipinski definition) is 1. The number of Topliss-reactive ketones (excluding diaryl/α,β-unsaturated/α-hetero) is 1. The fourth-order valence-electron chi connectivity index (χ4n) is 2.52. The zero-order valence-corrected chi connectivity index (χ0v) is 7.68. The maximum absolute atomic E-state index is 11.2. The third-order valence-electron chi connectivity index (χ3n) is 3.53. The Labute approximate surface area is 73.8 Å². The highest BCUT2D eigenvalue weighted by molar-refractivity contribution is 5.79. The summed E-state index contributed by atoms with van der Waals surface area (Å²) < 4.78 is 0. The minimum Gasteiger partial charge on any atom is -0.300 e. The number of rotatable bonds is 0. The SMILES string of the molecule is CC12C=CCCC1CC(=O)CC2. The molecule has 0 radical (unpaired) electrons. The molecule has 0 bridgehead atoms. The molecule has 2 unspecified atom stereocenters. The maximum atomic E-state index is 11.2. The van der Waals surface area contributed by atoms with Crippen LogP contribution in [0.25, 0.3) is 0 Å². The van der Waals surface area contributed by atoms with Crippen LogP contribution in [0.2, 0.25) is 0 Å². The van der Waals surface area contributed by atoms with Crippen LogP contribution in [0.4, 0.5) is 0 Å². The fourth-order valence-corrected chi connectivity index (χ4v) is 2.52. The summed E-state index contributed by atoms with van der Waals surface area (Å²) in [6.45, 7) is 2.31. The van der Waals surface area contributed by atoms with E-state index in [0.717, 1.165) is 19.3 Å². The van der Waals surface area contributed by atoms with Gasteiger partial charge in [0.2, 0.25) is 0 Å². The highest BCUT2D eigenvalue weighted by atomic mass is 16.1. The Morgan fingerprint density at radius 2 is 2.42 bits per heavy atom. The van der Waals surface area contributed by atoms with Crippen molar-refractivity contribution in [1.82, 2.24) is 0 Å². The van der Waals surface area contributed by atoms with E-state index in [2.05, 4.69) is 19.1 Å².